The van der Waals surface area contributed by atoms with Gasteiger partial charge < -0.3 is 25.2 Å². The molecular weight excluding hydrogens is 560 g/mol. The average Bonchev–Trinajstić information content (AvgIpc) is 3.23. The Labute approximate surface area is 227 Å². The number of thiophene rings is 1. The number of likely N-dealkylation sites (tertiary alicyclic amines) is 1. The van der Waals surface area contributed by atoms with Gasteiger partial charge in [0.2, 0.25) is 5.91 Å². The standard InChI is InChI=1S/C27H27BrN2O6S/c28-23-24(36-16-22(32)33)26(27(34)35)37-25(23)19-7-4-8-20(14-19)29-15-18-9-11-30(12-10-18)21(31)13-17-5-2-1-3-6-17/h1-8,14,18,29H,9-13,15-16H2,(H,32,33)(H,34,35). The van der Waals surface area contributed by atoms with Crippen LogP contribution in [0.5, 0.6) is 5.75 Å². The van der Waals surface area contributed by atoms with Crippen LogP contribution in [0, 0.1) is 5.92 Å². The highest BCUT2D eigenvalue weighted by Crippen LogP contribution is 2.46. The minimum Gasteiger partial charge on any atom is -0.479 e. The summed E-state index contributed by atoms with van der Waals surface area (Å²) in [4.78, 5) is 37.8. The van der Waals surface area contributed by atoms with Crippen LogP contribution >= 0.6 is 27.3 Å². The first-order chi connectivity index (χ1) is 17.8. The summed E-state index contributed by atoms with van der Waals surface area (Å²) in [7, 11) is 0. The molecule has 194 valence electrons. The molecule has 0 spiro atoms. The van der Waals surface area contributed by atoms with Crippen LogP contribution in [0.25, 0.3) is 10.4 Å². The second-order valence-electron chi connectivity index (χ2n) is 8.84. The molecule has 1 aliphatic rings. The van der Waals surface area contributed by atoms with Crippen molar-refractivity contribution >= 4 is 50.8 Å². The number of aliphatic carboxylic acids is 1. The Morgan fingerprint density at radius 1 is 1.05 bits per heavy atom. The number of halogens is 1. The molecule has 10 heteroatoms. The predicted molar refractivity (Wildman–Crippen MR) is 145 cm³/mol. The topological polar surface area (TPSA) is 116 Å². The van der Waals surface area contributed by atoms with E-state index in [1.165, 1.54) is 0 Å². The molecule has 0 atom stereocenters. The lowest BCUT2D eigenvalue weighted by atomic mass is 9.96. The van der Waals surface area contributed by atoms with Gasteiger partial charge in [0.1, 0.15) is 0 Å². The summed E-state index contributed by atoms with van der Waals surface area (Å²) >= 11 is 4.43. The largest absolute Gasteiger partial charge is 0.479 e. The number of rotatable bonds is 10. The van der Waals surface area contributed by atoms with E-state index in [0.717, 1.165) is 60.6 Å². The van der Waals surface area contributed by atoms with Gasteiger partial charge in [-0.1, -0.05) is 42.5 Å². The maximum atomic E-state index is 12.6. The fraction of sp³-hybridized carbons (Fsp3) is 0.296. The number of carboxylic acid groups (broad SMARTS) is 2. The lowest BCUT2D eigenvalue weighted by molar-refractivity contribution is -0.139. The van der Waals surface area contributed by atoms with Crippen molar-refractivity contribution in [2.24, 2.45) is 5.92 Å². The molecule has 0 saturated carbocycles. The van der Waals surface area contributed by atoms with E-state index in [1.807, 2.05) is 59.5 Å². The summed E-state index contributed by atoms with van der Waals surface area (Å²) in [5, 5.41) is 21.9. The molecule has 1 aliphatic heterocycles. The number of amides is 1. The number of anilines is 1. The molecule has 2 aromatic carbocycles. The molecular formula is C27H27BrN2O6S. The van der Waals surface area contributed by atoms with Gasteiger partial charge in [0, 0.05) is 25.3 Å². The zero-order valence-electron chi connectivity index (χ0n) is 20.0. The van der Waals surface area contributed by atoms with E-state index in [9.17, 15) is 19.5 Å². The van der Waals surface area contributed by atoms with Crippen molar-refractivity contribution in [3.05, 3.63) is 69.5 Å². The van der Waals surface area contributed by atoms with Crippen LogP contribution in [0.3, 0.4) is 0 Å². The summed E-state index contributed by atoms with van der Waals surface area (Å²) in [6, 6.07) is 17.4. The van der Waals surface area contributed by atoms with Crippen LogP contribution in [0.2, 0.25) is 0 Å². The maximum absolute atomic E-state index is 12.6. The first-order valence-electron chi connectivity index (χ1n) is 11.9. The van der Waals surface area contributed by atoms with E-state index in [1.54, 1.807) is 0 Å². The number of carbonyl (C=O) groups excluding carboxylic acids is 1. The van der Waals surface area contributed by atoms with Gasteiger partial charge in [0.15, 0.2) is 17.2 Å². The molecule has 1 fully saturated rings. The van der Waals surface area contributed by atoms with Gasteiger partial charge in [-0.2, -0.15) is 0 Å². The molecule has 3 N–H and O–H groups in total. The molecule has 3 aromatic rings. The van der Waals surface area contributed by atoms with Gasteiger partial charge in [-0.3, -0.25) is 4.79 Å². The monoisotopic (exact) mass is 586 g/mol. The summed E-state index contributed by atoms with van der Waals surface area (Å²) in [5.41, 5.74) is 2.71. The van der Waals surface area contributed by atoms with E-state index < -0.39 is 18.5 Å². The van der Waals surface area contributed by atoms with Gasteiger partial charge in [0.05, 0.1) is 15.8 Å². The number of piperidine rings is 1. The van der Waals surface area contributed by atoms with Gasteiger partial charge in [-0.25, -0.2) is 9.59 Å². The first-order valence-corrected chi connectivity index (χ1v) is 13.5. The summed E-state index contributed by atoms with van der Waals surface area (Å²) in [6.45, 7) is 1.63. The van der Waals surface area contributed by atoms with Gasteiger partial charge in [-0.05, 0) is 57.9 Å². The van der Waals surface area contributed by atoms with Crippen molar-refractivity contribution in [3.63, 3.8) is 0 Å². The lowest BCUT2D eigenvalue weighted by Gasteiger charge is -2.32. The highest BCUT2D eigenvalue weighted by Gasteiger charge is 2.25. The predicted octanol–water partition coefficient (Wildman–Crippen LogP) is 5.23. The third kappa shape index (κ3) is 6.90. The number of benzene rings is 2. The van der Waals surface area contributed by atoms with E-state index in [2.05, 4.69) is 21.2 Å². The fourth-order valence-corrected chi connectivity index (χ4v) is 6.17. The molecule has 1 amide bonds. The third-order valence-corrected chi connectivity index (χ3v) is 8.46. The minimum absolute atomic E-state index is 0.0156. The summed E-state index contributed by atoms with van der Waals surface area (Å²) in [5.74, 6) is -1.75. The Morgan fingerprint density at radius 3 is 2.46 bits per heavy atom. The second-order valence-corrected chi connectivity index (χ2v) is 10.7. The van der Waals surface area contributed by atoms with Crippen LogP contribution in [0.1, 0.15) is 28.1 Å². The van der Waals surface area contributed by atoms with E-state index >= 15 is 0 Å². The minimum atomic E-state index is -1.19. The highest BCUT2D eigenvalue weighted by atomic mass is 79.9. The Balaban J connectivity index is 1.35. The number of carboxylic acids is 2. The molecule has 0 aliphatic carbocycles. The quantitative estimate of drug-likeness (QED) is 0.298. The molecule has 0 radical (unpaired) electrons. The summed E-state index contributed by atoms with van der Waals surface area (Å²) < 4.78 is 5.67. The number of aromatic carboxylic acids is 1. The van der Waals surface area contributed by atoms with Crippen molar-refractivity contribution in [2.45, 2.75) is 19.3 Å². The summed E-state index contributed by atoms with van der Waals surface area (Å²) in [6.07, 6.45) is 2.29. The molecule has 37 heavy (non-hydrogen) atoms. The number of ether oxygens (including phenoxy) is 1. The number of hydrogen-bond donors (Lipinski definition) is 3. The van der Waals surface area contributed by atoms with Gasteiger partial charge in [-0.15, -0.1) is 11.3 Å². The van der Waals surface area contributed by atoms with Crippen LogP contribution in [-0.4, -0.2) is 59.2 Å². The van der Waals surface area contributed by atoms with Crippen LogP contribution < -0.4 is 10.1 Å². The molecule has 0 unspecified atom stereocenters. The Kier molecular flexibility index (Phi) is 8.83. The smallest absolute Gasteiger partial charge is 0.349 e. The van der Waals surface area contributed by atoms with Crippen molar-refractivity contribution < 1.29 is 29.3 Å². The number of carbonyl (C=O) groups is 3. The normalized spacial score (nSPS) is 13.8. The van der Waals surface area contributed by atoms with Crippen LogP contribution in [0.15, 0.2) is 59.1 Å². The number of nitrogens with one attached hydrogen (secondary N) is 1. The van der Waals surface area contributed by atoms with Crippen molar-refractivity contribution in [2.75, 3.05) is 31.6 Å². The van der Waals surface area contributed by atoms with E-state index in [0.29, 0.717) is 21.7 Å². The highest BCUT2D eigenvalue weighted by molar-refractivity contribution is 9.10. The van der Waals surface area contributed by atoms with E-state index in [4.69, 9.17) is 9.84 Å². The Bertz CT molecular complexity index is 1270. The fourth-order valence-electron chi connectivity index (χ4n) is 4.29. The zero-order chi connectivity index (χ0) is 26.4. The van der Waals surface area contributed by atoms with Crippen LogP contribution in [0.4, 0.5) is 5.69 Å². The SMILES string of the molecule is O=C(O)COc1c(C(=O)O)sc(-c2cccc(NCC3CCN(C(=O)Cc4ccccc4)CC3)c2)c1Br. The first kappa shape index (κ1) is 26.7. The Morgan fingerprint density at radius 2 is 1.78 bits per heavy atom. The number of hydrogen-bond acceptors (Lipinski definition) is 6. The molecule has 2 heterocycles. The van der Waals surface area contributed by atoms with Gasteiger partial charge in [0.25, 0.3) is 0 Å². The molecule has 1 aromatic heterocycles. The second kappa shape index (κ2) is 12.2. The molecule has 1 saturated heterocycles. The average molecular weight is 587 g/mol. The van der Waals surface area contributed by atoms with E-state index in [-0.39, 0.29) is 16.5 Å². The van der Waals surface area contributed by atoms with Crippen molar-refractivity contribution in [1.29, 1.82) is 0 Å². The van der Waals surface area contributed by atoms with Crippen molar-refractivity contribution in [1.82, 2.24) is 4.90 Å². The Hall–Kier alpha value is -3.37. The zero-order valence-corrected chi connectivity index (χ0v) is 22.4. The third-order valence-electron chi connectivity index (χ3n) is 6.23. The maximum Gasteiger partial charge on any atom is 0.349 e. The lowest BCUT2D eigenvalue weighted by Crippen LogP contribution is -2.40. The molecule has 4 rings (SSSR count). The number of nitrogens with zero attached hydrogens (tertiary/aromatic N) is 1. The molecule has 8 nitrogen and oxygen atoms in total. The van der Waals surface area contributed by atoms with Gasteiger partial charge >= 0.3 is 11.9 Å². The molecule has 0 bridgehead atoms. The van der Waals surface area contributed by atoms with Crippen LogP contribution in [-0.2, 0) is 16.0 Å². The van der Waals surface area contributed by atoms with Crippen molar-refractivity contribution in [3.8, 4) is 16.2 Å².